The highest BCUT2D eigenvalue weighted by Crippen LogP contribution is 2.17. The van der Waals surface area contributed by atoms with Crippen LogP contribution in [0.5, 0.6) is 5.75 Å². The first kappa shape index (κ1) is 37.1. The highest BCUT2D eigenvalue weighted by atomic mass is 19.1. The number of amides is 1. The van der Waals surface area contributed by atoms with Gasteiger partial charge in [0.15, 0.2) is 0 Å². The lowest BCUT2D eigenvalue weighted by molar-refractivity contribution is -0.384. The van der Waals surface area contributed by atoms with Gasteiger partial charge in [-0.05, 0) is 17.7 Å². The summed E-state index contributed by atoms with van der Waals surface area (Å²) >= 11 is 0. The van der Waals surface area contributed by atoms with E-state index in [9.17, 15) is 19.3 Å². The Bertz CT molecular complexity index is 745. The van der Waals surface area contributed by atoms with E-state index in [1.165, 1.54) is 24.3 Å². The van der Waals surface area contributed by atoms with E-state index < -0.39 is 18.2 Å². The highest BCUT2D eigenvalue weighted by Gasteiger charge is 2.07. The van der Waals surface area contributed by atoms with Crippen molar-refractivity contribution < 1.29 is 43.9 Å². The number of rotatable bonds is 20. The Balaban J connectivity index is -0.00000201. The molecule has 0 aliphatic rings. The fourth-order valence-corrected chi connectivity index (χ4v) is 2.14. The van der Waals surface area contributed by atoms with E-state index in [1.807, 2.05) is 13.8 Å². The summed E-state index contributed by atoms with van der Waals surface area (Å²) in [5.41, 5.74) is 8.01. The lowest BCUT2D eigenvalue weighted by Gasteiger charge is -2.08. The van der Waals surface area contributed by atoms with Crippen molar-refractivity contribution in [1.29, 1.82) is 0 Å². The molecule has 1 N–H and O–H groups in total. The molecule has 0 saturated heterocycles. The summed E-state index contributed by atoms with van der Waals surface area (Å²) in [4.78, 5) is 24.3. The number of benzene rings is 1. The molecular weight excluding hydrogens is 509 g/mol. The smallest absolute Gasteiger partial charge is 0.410 e. The van der Waals surface area contributed by atoms with Crippen molar-refractivity contribution >= 4 is 11.8 Å². The number of azide groups is 1. The standard InChI is InChI=1S/C19H29N5O9.C2H6.CH3F.CH4/c20-23-22-6-8-29-10-12-31-14-16-32-15-13-30-11-9-28-7-5-21-19(25)33-18-3-1-17(2-4-18)24(26)27;2*1-2;/h1-4H,5-16H2,(H,21,25);1-2H3;1H3;1H4/i;;1D;. The van der Waals surface area contributed by atoms with Crippen LogP contribution in [0.1, 0.15) is 22.6 Å². The molecule has 0 spiro atoms. The zero-order valence-corrected chi connectivity index (χ0v) is 21.3. The molecule has 0 unspecified atom stereocenters. The van der Waals surface area contributed by atoms with Crippen LogP contribution in [0.25, 0.3) is 10.4 Å². The average Bonchev–Trinajstić information content (AvgIpc) is 2.92. The molecule has 0 bridgehead atoms. The number of carbonyl (C=O) groups excluding carboxylic acids is 1. The van der Waals surface area contributed by atoms with Crippen molar-refractivity contribution in [2.45, 2.75) is 21.3 Å². The molecule has 0 fully saturated rings. The Morgan fingerprint density at radius 3 is 1.82 bits per heavy atom. The molecule has 14 nitrogen and oxygen atoms in total. The van der Waals surface area contributed by atoms with E-state index in [4.69, 9.17) is 35.3 Å². The lowest BCUT2D eigenvalue weighted by atomic mass is 10.3. The van der Waals surface area contributed by atoms with E-state index in [0.29, 0.717) is 66.0 Å². The monoisotopic (exact) mass is 552 g/mol. The predicted molar refractivity (Wildman–Crippen MR) is 140 cm³/mol. The van der Waals surface area contributed by atoms with Gasteiger partial charge in [0.25, 0.3) is 5.69 Å². The third-order valence-electron chi connectivity index (χ3n) is 3.66. The quantitative estimate of drug-likeness (QED) is 0.0616. The molecule has 0 heterocycles. The lowest BCUT2D eigenvalue weighted by Crippen LogP contribution is -2.30. The number of carbonyl (C=O) groups is 1. The topological polar surface area (TPSA) is 176 Å². The third kappa shape index (κ3) is 26.0. The Morgan fingerprint density at radius 1 is 0.974 bits per heavy atom. The van der Waals surface area contributed by atoms with Gasteiger partial charge in [-0.3, -0.25) is 14.5 Å². The predicted octanol–water partition coefficient (Wildman–Crippen LogP) is 4.32. The van der Waals surface area contributed by atoms with Gasteiger partial charge >= 0.3 is 6.09 Å². The minimum absolute atomic E-state index is 0. The third-order valence-corrected chi connectivity index (χ3v) is 3.66. The maximum Gasteiger partial charge on any atom is 0.412 e. The number of hydrogen-bond donors (Lipinski definition) is 1. The van der Waals surface area contributed by atoms with Crippen molar-refractivity contribution in [2.75, 3.05) is 86.3 Å². The zero-order chi connectivity index (χ0) is 28.7. The van der Waals surface area contributed by atoms with Crippen LogP contribution in [0, 0.1) is 10.1 Å². The number of alkyl halides is 1. The molecular formula is C23H42FN5O9. The van der Waals surface area contributed by atoms with Gasteiger partial charge in [-0.25, -0.2) is 4.79 Å². The fraction of sp³-hybridized carbons (Fsp3) is 0.696. The zero-order valence-electron chi connectivity index (χ0n) is 22.3. The van der Waals surface area contributed by atoms with Crippen LogP contribution < -0.4 is 10.1 Å². The molecule has 0 saturated carbocycles. The molecule has 0 radical (unpaired) electrons. The second kappa shape index (κ2) is 32.0. The first-order chi connectivity index (χ1) is 18.5. The van der Waals surface area contributed by atoms with Crippen LogP contribution in [-0.4, -0.2) is 97.3 Å². The van der Waals surface area contributed by atoms with Gasteiger partial charge in [0.05, 0.1) is 79.5 Å². The molecule has 15 heteroatoms. The SMILES string of the molecule is C.CC.[2H]CF.[N-]=[N+]=NCCOCCOCCOCCOCCOCCNC(=O)Oc1ccc([N+](=O)[O-])cc1. The Kier molecular flexibility index (Phi) is 31.2. The normalized spacial score (nSPS) is 9.71. The number of hydrogen-bond acceptors (Lipinski definition) is 10. The number of nitro benzene ring substituents is 1. The van der Waals surface area contributed by atoms with Gasteiger partial charge in [-0.15, -0.1) is 0 Å². The first-order valence-electron chi connectivity index (χ1n) is 12.2. The van der Waals surface area contributed by atoms with E-state index in [0.717, 1.165) is 0 Å². The Labute approximate surface area is 224 Å². The van der Waals surface area contributed by atoms with Gasteiger partial charge < -0.3 is 33.7 Å². The molecule has 1 aromatic rings. The molecule has 1 amide bonds. The summed E-state index contributed by atoms with van der Waals surface area (Å²) in [6, 6.07) is 5.19. The van der Waals surface area contributed by atoms with E-state index in [-0.39, 0.29) is 32.0 Å². The van der Waals surface area contributed by atoms with Crippen LogP contribution >= 0.6 is 0 Å². The summed E-state index contributed by atoms with van der Waals surface area (Å²) in [6.07, 6.45) is -0.678. The number of nitro groups is 1. The minimum atomic E-state index is -1.00. The highest BCUT2D eigenvalue weighted by molar-refractivity contribution is 5.70. The summed E-state index contributed by atoms with van der Waals surface area (Å²) in [5, 5.41) is 16.4. The number of halogens is 1. The van der Waals surface area contributed by atoms with Crippen molar-refractivity contribution in [1.82, 2.24) is 5.32 Å². The maximum absolute atomic E-state index is 11.6. The summed E-state index contributed by atoms with van der Waals surface area (Å²) in [7, 11) is -1.00. The second-order valence-corrected chi connectivity index (χ2v) is 6.08. The van der Waals surface area contributed by atoms with Crippen molar-refractivity contribution in [2.24, 2.45) is 5.11 Å². The summed E-state index contributed by atoms with van der Waals surface area (Å²) in [6.45, 7) is 8.58. The second-order valence-electron chi connectivity index (χ2n) is 6.08. The van der Waals surface area contributed by atoms with Crippen LogP contribution in [0.2, 0.25) is 0 Å². The van der Waals surface area contributed by atoms with Gasteiger partial charge in [0.2, 0.25) is 0 Å². The van der Waals surface area contributed by atoms with Crippen molar-refractivity contribution in [3.63, 3.8) is 0 Å². The molecule has 38 heavy (non-hydrogen) atoms. The molecule has 0 aliphatic heterocycles. The van der Waals surface area contributed by atoms with Gasteiger partial charge in [-0.1, -0.05) is 26.4 Å². The molecule has 0 aliphatic carbocycles. The first-order valence-corrected chi connectivity index (χ1v) is 11.5. The minimum Gasteiger partial charge on any atom is -0.410 e. The van der Waals surface area contributed by atoms with Crippen LogP contribution in [0.15, 0.2) is 29.4 Å². The maximum atomic E-state index is 11.6. The number of non-ortho nitro benzene ring substituents is 1. The summed E-state index contributed by atoms with van der Waals surface area (Å²) < 4.78 is 47.0. The van der Waals surface area contributed by atoms with E-state index >= 15 is 0 Å². The van der Waals surface area contributed by atoms with Crippen LogP contribution in [-0.2, 0) is 23.7 Å². The summed E-state index contributed by atoms with van der Waals surface area (Å²) in [5.74, 6) is 0.203. The van der Waals surface area contributed by atoms with Crippen LogP contribution in [0.4, 0.5) is 14.9 Å². The van der Waals surface area contributed by atoms with E-state index in [1.54, 1.807) is 0 Å². The molecule has 0 atom stereocenters. The Hall–Kier alpha value is -3.07. The molecule has 0 aromatic heterocycles. The fourth-order valence-electron chi connectivity index (χ4n) is 2.14. The van der Waals surface area contributed by atoms with Gasteiger partial charge in [0, 0.05) is 30.1 Å². The number of ether oxygens (including phenoxy) is 6. The number of nitrogens with zero attached hydrogens (tertiary/aromatic N) is 4. The van der Waals surface area contributed by atoms with Crippen molar-refractivity contribution in [3.8, 4) is 5.75 Å². The Morgan fingerprint density at radius 2 is 1.39 bits per heavy atom. The number of nitrogens with one attached hydrogen (secondary N) is 1. The average molecular weight is 553 g/mol. The largest absolute Gasteiger partial charge is 0.412 e. The van der Waals surface area contributed by atoms with Crippen molar-refractivity contribution in [3.05, 3.63) is 44.8 Å². The van der Waals surface area contributed by atoms with Crippen LogP contribution in [0.3, 0.4) is 0 Å². The van der Waals surface area contributed by atoms with Gasteiger partial charge in [-0.2, -0.15) is 0 Å². The molecule has 1 rings (SSSR count). The molecule has 220 valence electrons. The molecule has 1 aromatic carbocycles. The van der Waals surface area contributed by atoms with Gasteiger partial charge in [0.1, 0.15) is 5.75 Å². The van der Waals surface area contributed by atoms with E-state index in [2.05, 4.69) is 15.3 Å².